The average molecular weight is 377 g/mol. The minimum atomic E-state index is -0.511. The Morgan fingerprint density at radius 1 is 1.12 bits per heavy atom. The van der Waals surface area contributed by atoms with Crippen LogP contribution in [0.1, 0.15) is 18.1 Å². The molecule has 128 valence electrons. The Hall–Kier alpha value is -2.30. The Bertz CT molecular complexity index is 988. The molecular weight excluding hydrogens is 363 g/mol. The molecule has 0 radical (unpaired) electrons. The van der Waals surface area contributed by atoms with Crippen LogP contribution in [-0.2, 0) is 17.6 Å². The summed E-state index contributed by atoms with van der Waals surface area (Å²) < 4.78 is 10.5. The number of carbonyl (C=O) groups excluding carboxylic acids is 1. The maximum atomic E-state index is 12.2. The third kappa shape index (κ3) is 3.86. The molecular formula is C19H14Cl2O4. The van der Waals surface area contributed by atoms with Gasteiger partial charge in [0.25, 0.3) is 0 Å². The lowest BCUT2D eigenvalue weighted by atomic mass is 10.1. The first-order valence-electron chi connectivity index (χ1n) is 7.68. The highest BCUT2D eigenvalue weighted by Crippen LogP contribution is 2.26. The zero-order valence-electron chi connectivity index (χ0n) is 13.3. The first kappa shape index (κ1) is 17.5. The van der Waals surface area contributed by atoms with Crippen LogP contribution in [0.15, 0.2) is 51.7 Å². The Balaban J connectivity index is 1.85. The molecule has 0 bridgehead atoms. The molecule has 0 N–H and O–H groups in total. The molecule has 0 atom stereocenters. The van der Waals surface area contributed by atoms with Gasteiger partial charge in [0.15, 0.2) is 0 Å². The van der Waals surface area contributed by atoms with Crippen LogP contribution >= 0.6 is 23.2 Å². The van der Waals surface area contributed by atoms with E-state index in [-0.39, 0.29) is 12.2 Å². The topological polar surface area (TPSA) is 56.5 Å². The predicted molar refractivity (Wildman–Crippen MR) is 97.7 cm³/mol. The summed E-state index contributed by atoms with van der Waals surface area (Å²) in [6, 6.07) is 11.4. The van der Waals surface area contributed by atoms with Crippen molar-refractivity contribution < 1.29 is 13.9 Å². The Morgan fingerprint density at radius 3 is 2.52 bits per heavy atom. The van der Waals surface area contributed by atoms with Gasteiger partial charge >= 0.3 is 11.6 Å². The number of rotatable bonds is 4. The summed E-state index contributed by atoms with van der Waals surface area (Å²) in [5.41, 5.74) is 1.34. The van der Waals surface area contributed by atoms with Crippen LogP contribution in [0.3, 0.4) is 0 Å². The molecule has 0 spiro atoms. The number of hydrogen-bond donors (Lipinski definition) is 0. The monoisotopic (exact) mass is 376 g/mol. The van der Waals surface area contributed by atoms with Crippen LogP contribution in [0.4, 0.5) is 0 Å². The molecule has 3 rings (SSSR count). The van der Waals surface area contributed by atoms with Crippen LogP contribution in [0.5, 0.6) is 5.75 Å². The maximum Gasteiger partial charge on any atom is 0.336 e. The number of aryl methyl sites for hydroxylation is 1. The van der Waals surface area contributed by atoms with Gasteiger partial charge in [0.05, 0.1) is 6.42 Å². The van der Waals surface area contributed by atoms with Gasteiger partial charge in [-0.1, -0.05) is 36.2 Å². The summed E-state index contributed by atoms with van der Waals surface area (Å²) in [6.07, 6.45) is 0.641. The summed E-state index contributed by atoms with van der Waals surface area (Å²) in [6.45, 7) is 1.95. The van der Waals surface area contributed by atoms with E-state index < -0.39 is 11.6 Å². The molecule has 0 saturated carbocycles. The van der Waals surface area contributed by atoms with E-state index in [0.29, 0.717) is 27.6 Å². The van der Waals surface area contributed by atoms with E-state index in [1.807, 2.05) is 6.92 Å². The third-order valence-corrected chi connectivity index (χ3v) is 4.51. The highest BCUT2D eigenvalue weighted by atomic mass is 35.5. The molecule has 0 aliphatic carbocycles. The van der Waals surface area contributed by atoms with Crippen molar-refractivity contribution in [2.75, 3.05) is 0 Å². The van der Waals surface area contributed by atoms with Gasteiger partial charge in [-0.2, -0.15) is 0 Å². The van der Waals surface area contributed by atoms with E-state index in [4.69, 9.17) is 32.4 Å². The molecule has 1 heterocycles. The fraction of sp³-hybridized carbons (Fsp3) is 0.158. The van der Waals surface area contributed by atoms with Crippen molar-refractivity contribution in [1.82, 2.24) is 0 Å². The quantitative estimate of drug-likeness (QED) is 0.372. The largest absolute Gasteiger partial charge is 0.426 e. The van der Waals surface area contributed by atoms with Crippen molar-refractivity contribution in [1.29, 1.82) is 0 Å². The van der Waals surface area contributed by atoms with Crippen molar-refractivity contribution in [2.24, 2.45) is 0 Å². The molecule has 0 amide bonds. The number of benzene rings is 2. The first-order chi connectivity index (χ1) is 12.0. The van der Waals surface area contributed by atoms with Gasteiger partial charge in [-0.3, -0.25) is 4.79 Å². The number of halogens is 2. The van der Waals surface area contributed by atoms with E-state index in [1.54, 1.807) is 30.3 Å². The van der Waals surface area contributed by atoms with Crippen molar-refractivity contribution in [3.63, 3.8) is 0 Å². The zero-order valence-corrected chi connectivity index (χ0v) is 14.9. The van der Waals surface area contributed by atoms with E-state index in [2.05, 4.69) is 0 Å². The number of hydrogen-bond acceptors (Lipinski definition) is 4. The van der Waals surface area contributed by atoms with Crippen molar-refractivity contribution in [2.45, 2.75) is 19.8 Å². The normalized spacial score (nSPS) is 10.8. The van der Waals surface area contributed by atoms with Crippen LogP contribution in [0.2, 0.25) is 10.0 Å². The van der Waals surface area contributed by atoms with Crippen LogP contribution in [0, 0.1) is 0 Å². The number of fused-ring (bicyclic) bond motifs is 1. The van der Waals surface area contributed by atoms with E-state index in [9.17, 15) is 9.59 Å². The summed E-state index contributed by atoms with van der Waals surface area (Å²) >= 11 is 12.1. The minimum absolute atomic E-state index is 0.0600. The van der Waals surface area contributed by atoms with Crippen molar-refractivity contribution in [3.8, 4) is 5.75 Å². The van der Waals surface area contributed by atoms with Crippen molar-refractivity contribution >= 4 is 40.1 Å². The fourth-order valence-electron chi connectivity index (χ4n) is 2.58. The van der Waals surface area contributed by atoms with Gasteiger partial charge in [0.1, 0.15) is 11.3 Å². The van der Waals surface area contributed by atoms with Crippen LogP contribution < -0.4 is 10.4 Å². The Kier molecular flexibility index (Phi) is 5.11. The lowest BCUT2D eigenvalue weighted by molar-refractivity contribution is -0.133. The molecule has 0 saturated heterocycles. The molecule has 6 heteroatoms. The van der Waals surface area contributed by atoms with Gasteiger partial charge in [-0.05, 0) is 36.2 Å². The fourth-order valence-corrected chi connectivity index (χ4v) is 3.11. The van der Waals surface area contributed by atoms with Gasteiger partial charge < -0.3 is 9.15 Å². The molecule has 2 aromatic carbocycles. The Morgan fingerprint density at radius 2 is 1.84 bits per heavy atom. The predicted octanol–water partition coefficient (Wildman–Crippen LogP) is 4.81. The van der Waals surface area contributed by atoms with Gasteiger partial charge in [0, 0.05) is 33.1 Å². The Labute approximate surface area is 153 Å². The highest BCUT2D eigenvalue weighted by molar-refractivity contribution is 6.36. The average Bonchev–Trinajstić information content (AvgIpc) is 2.57. The standard InChI is InChI=1S/C19H14Cl2O4/c1-2-11-8-18(22)25-17-9-12(6-7-13(11)17)24-19(23)10-14-15(20)4-3-5-16(14)21/h3-9H,2,10H2,1H3. The second kappa shape index (κ2) is 7.30. The van der Waals surface area contributed by atoms with Crippen LogP contribution in [-0.4, -0.2) is 5.97 Å². The lowest BCUT2D eigenvalue weighted by Crippen LogP contribution is -2.12. The number of ether oxygens (including phenoxy) is 1. The summed E-state index contributed by atoms with van der Waals surface area (Å²) in [5, 5.41) is 1.62. The number of esters is 1. The SMILES string of the molecule is CCc1cc(=O)oc2cc(OC(=O)Cc3c(Cl)cccc3Cl)ccc12. The highest BCUT2D eigenvalue weighted by Gasteiger charge is 2.14. The summed E-state index contributed by atoms with van der Waals surface area (Å²) in [7, 11) is 0. The van der Waals surface area contributed by atoms with E-state index in [1.165, 1.54) is 12.1 Å². The van der Waals surface area contributed by atoms with E-state index in [0.717, 1.165) is 10.9 Å². The second-order valence-electron chi connectivity index (χ2n) is 5.45. The second-order valence-corrected chi connectivity index (χ2v) is 6.27. The summed E-state index contributed by atoms with van der Waals surface area (Å²) in [4.78, 5) is 23.8. The van der Waals surface area contributed by atoms with Gasteiger partial charge in [0.2, 0.25) is 0 Å². The van der Waals surface area contributed by atoms with E-state index >= 15 is 0 Å². The maximum absolute atomic E-state index is 12.2. The van der Waals surface area contributed by atoms with Gasteiger partial charge in [-0.25, -0.2) is 4.79 Å². The first-order valence-corrected chi connectivity index (χ1v) is 8.44. The summed E-state index contributed by atoms with van der Waals surface area (Å²) in [5.74, 6) is -0.222. The smallest absolute Gasteiger partial charge is 0.336 e. The number of carbonyl (C=O) groups is 1. The molecule has 4 nitrogen and oxygen atoms in total. The zero-order chi connectivity index (χ0) is 18.0. The van der Waals surface area contributed by atoms with Gasteiger partial charge in [-0.15, -0.1) is 0 Å². The van der Waals surface area contributed by atoms with Crippen molar-refractivity contribution in [3.05, 3.63) is 74.1 Å². The molecule has 25 heavy (non-hydrogen) atoms. The van der Waals surface area contributed by atoms with Crippen LogP contribution in [0.25, 0.3) is 11.0 Å². The molecule has 0 unspecified atom stereocenters. The molecule has 0 aliphatic rings. The molecule has 3 aromatic rings. The molecule has 0 fully saturated rings. The minimum Gasteiger partial charge on any atom is -0.426 e. The third-order valence-electron chi connectivity index (χ3n) is 3.80. The molecule has 1 aromatic heterocycles. The molecule has 0 aliphatic heterocycles. The lowest BCUT2D eigenvalue weighted by Gasteiger charge is -2.08.